The third-order valence-electron chi connectivity index (χ3n) is 4.68. The van der Waals surface area contributed by atoms with E-state index in [2.05, 4.69) is 26.8 Å². The van der Waals surface area contributed by atoms with Gasteiger partial charge in [-0.25, -0.2) is 19.3 Å². The minimum atomic E-state index is -1.15. The fourth-order valence-corrected chi connectivity index (χ4v) is 3.16. The van der Waals surface area contributed by atoms with Gasteiger partial charge in [0.25, 0.3) is 5.56 Å². The number of hydrogen-bond acceptors (Lipinski definition) is 7. The third kappa shape index (κ3) is 3.90. The standard InChI is InChI=1S/C22H22N6O3/c1-4-12-27-20(30)16-13-23-21(24-14-8-10-15(29)11-9-14)26-19(16)28(27)18-7-5-6-17(25-18)22(2,3)31/h4-11,13,29,31H,1,12H2,2-3H3,(H,23,24,26). The molecule has 3 N–H and O–H groups in total. The maximum atomic E-state index is 13.0. The van der Waals surface area contributed by atoms with Crippen LogP contribution in [0.3, 0.4) is 0 Å². The van der Waals surface area contributed by atoms with Crippen molar-refractivity contribution in [3.8, 4) is 11.6 Å². The van der Waals surface area contributed by atoms with Gasteiger partial charge in [0.1, 0.15) is 16.7 Å². The van der Waals surface area contributed by atoms with Crippen LogP contribution in [0.2, 0.25) is 0 Å². The van der Waals surface area contributed by atoms with Crippen LogP contribution in [0.15, 0.2) is 66.1 Å². The highest BCUT2D eigenvalue weighted by atomic mass is 16.3. The van der Waals surface area contributed by atoms with Crippen LogP contribution in [0.25, 0.3) is 16.9 Å². The molecular formula is C22H22N6O3. The van der Waals surface area contributed by atoms with Gasteiger partial charge in [-0.3, -0.25) is 4.79 Å². The van der Waals surface area contributed by atoms with Crippen molar-refractivity contribution in [2.45, 2.75) is 26.0 Å². The van der Waals surface area contributed by atoms with Crippen LogP contribution in [0.1, 0.15) is 19.5 Å². The van der Waals surface area contributed by atoms with Crippen LogP contribution < -0.4 is 10.9 Å². The minimum Gasteiger partial charge on any atom is -0.508 e. The average molecular weight is 418 g/mol. The SMILES string of the molecule is C=CCn1c(=O)c2cnc(Nc3ccc(O)cc3)nc2n1-c1cccc(C(C)(C)O)n1. The van der Waals surface area contributed by atoms with Crippen LogP contribution in [0.4, 0.5) is 11.6 Å². The van der Waals surface area contributed by atoms with Crippen molar-refractivity contribution in [1.29, 1.82) is 0 Å². The van der Waals surface area contributed by atoms with Crippen LogP contribution in [0, 0.1) is 0 Å². The summed E-state index contributed by atoms with van der Waals surface area (Å²) in [4.78, 5) is 26.3. The Morgan fingerprint density at radius 3 is 2.58 bits per heavy atom. The van der Waals surface area contributed by atoms with Crippen molar-refractivity contribution in [2.75, 3.05) is 5.32 Å². The number of phenolic OH excluding ortho intramolecular Hbond substituents is 1. The molecule has 4 rings (SSSR count). The molecule has 0 aliphatic rings. The molecule has 158 valence electrons. The number of pyridine rings is 1. The molecule has 4 aromatic rings. The molecular weight excluding hydrogens is 396 g/mol. The quantitative estimate of drug-likeness (QED) is 0.325. The molecule has 0 bridgehead atoms. The Kier molecular flexibility index (Phi) is 5.04. The van der Waals surface area contributed by atoms with Crippen LogP contribution in [-0.2, 0) is 12.1 Å². The Morgan fingerprint density at radius 2 is 1.90 bits per heavy atom. The zero-order chi connectivity index (χ0) is 22.2. The number of hydrogen-bond donors (Lipinski definition) is 3. The fraction of sp³-hybridized carbons (Fsp3) is 0.182. The zero-order valence-corrected chi connectivity index (χ0v) is 17.1. The molecule has 0 aliphatic carbocycles. The molecule has 9 nitrogen and oxygen atoms in total. The molecule has 0 saturated heterocycles. The number of nitrogens with zero attached hydrogens (tertiary/aromatic N) is 5. The van der Waals surface area contributed by atoms with Gasteiger partial charge in [-0.2, -0.15) is 4.98 Å². The molecule has 1 aromatic carbocycles. The predicted octanol–water partition coefficient (Wildman–Crippen LogP) is 2.84. The van der Waals surface area contributed by atoms with E-state index in [1.165, 1.54) is 10.9 Å². The second-order valence-corrected chi connectivity index (χ2v) is 7.53. The Balaban J connectivity index is 1.90. The summed E-state index contributed by atoms with van der Waals surface area (Å²) in [5, 5.41) is 23.2. The monoisotopic (exact) mass is 418 g/mol. The lowest BCUT2D eigenvalue weighted by Gasteiger charge is -2.18. The predicted molar refractivity (Wildman–Crippen MR) is 118 cm³/mol. The highest BCUT2D eigenvalue weighted by Gasteiger charge is 2.21. The summed E-state index contributed by atoms with van der Waals surface area (Å²) in [6, 6.07) is 11.7. The number of rotatable bonds is 6. The van der Waals surface area contributed by atoms with Gasteiger partial charge < -0.3 is 15.5 Å². The number of fused-ring (bicyclic) bond motifs is 1. The van der Waals surface area contributed by atoms with Gasteiger partial charge in [-0.1, -0.05) is 12.1 Å². The molecule has 0 spiro atoms. The van der Waals surface area contributed by atoms with E-state index in [4.69, 9.17) is 0 Å². The van der Waals surface area contributed by atoms with E-state index in [0.29, 0.717) is 28.2 Å². The van der Waals surface area contributed by atoms with Crippen LogP contribution >= 0.6 is 0 Å². The number of aliphatic hydroxyl groups is 1. The highest BCUT2D eigenvalue weighted by Crippen LogP contribution is 2.22. The topological polar surface area (TPSA) is 118 Å². The number of anilines is 2. The summed E-state index contributed by atoms with van der Waals surface area (Å²) in [5.41, 5.74) is 0.0769. The molecule has 0 saturated carbocycles. The molecule has 0 fully saturated rings. The summed E-state index contributed by atoms with van der Waals surface area (Å²) >= 11 is 0. The maximum Gasteiger partial charge on any atom is 0.278 e. The van der Waals surface area contributed by atoms with Gasteiger partial charge in [0.05, 0.1) is 12.2 Å². The number of phenols is 1. The first-order valence-corrected chi connectivity index (χ1v) is 9.64. The average Bonchev–Trinajstić information content (AvgIpc) is 3.01. The van der Waals surface area contributed by atoms with Crippen LogP contribution in [-0.4, -0.2) is 34.5 Å². The summed E-state index contributed by atoms with van der Waals surface area (Å²) in [5.74, 6) is 0.860. The molecule has 9 heteroatoms. The highest BCUT2D eigenvalue weighted by molar-refractivity contribution is 5.77. The second kappa shape index (κ2) is 7.69. The molecule has 0 radical (unpaired) electrons. The molecule has 0 atom stereocenters. The maximum absolute atomic E-state index is 13.0. The first kappa shape index (κ1) is 20.3. The lowest BCUT2D eigenvalue weighted by atomic mass is 10.1. The first-order chi connectivity index (χ1) is 14.8. The normalized spacial score (nSPS) is 11.6. The van der Waals surface area contributed by atoms with Gasteiger partial charge in [0.2, 0.25) is 5.95 Å². The Hall–Kier alpha value is -3.98. The van der Waals surface area contributed by atoms with E-state index < -0.39 is 5.60 Å². The van der Waals surface area contributed by atoms with E-state index in [9.17, 15) is 15.0 Å². The van der Waals surface area contributed by atoms with E-state index in [-0.39, 0.29) is 23.8 Å². The van der Waals surface area contributed by atoms with Crippen molar-refractivity contribution >= 4 is 22.7 Å². The molecule has 3 aromatic heterocycles. The first-order valence-electron chi connectivity index (χ1n) is 9.64. The molecule has 3 heterocycles. The summed E-state index contributed by atoms with van der Waals surface area (Å²) in [7, 11) is 0. The number of aromatic nitrogens is 5. The lowest BCUT2D eigenvalue weighted by molar-refractivity contribution is 0.0738. The largest absolute Gasteiger partial charge is 0.508 e. The zero-order valence-electron chi connectivity index (χ0n) is 17.1. The number of nitrogens with one attached hydrogen (secondary N) is 1. The number of benzene rings is 1. The van der Waals surface area contributed by atoms with E-state index >= 15 is 0 Å². The van der Waals surface area contributed by atoms with Gasteiger partial charge in [0, 0.05) is 11.9 Å². The molecule has 0 aliphatic heterocycles. The Morgan fingerprint density at radius 1 is 1.16 bits per heavy atom. The third-order valence-corrected chi connectivity index (χ3v) is 4.68. The van der Waals surface area contributed by atoms with Crippen molar-refractivity contribution < 1.29 is 10.2 Å². The smallest absolute Gasteiger partial charge is 0.278 e. The second-order valence-electron chi connectivity index (χ2n) is 7.53. The number of aromatic hydroxyl groups is 1. The van der Waals surface area contributed by atoms with Gasteiger partial charge in [0.15, 0.2) is 11.5 Å². The van der Waals surface area contributed by atoms with Gasteiger partial charge >= 0.3 is 0 Å². The molecule has 0 amide bonds. The Labute approximate surface area is 178 Å². The van der Waals surface area contributed by atoms with E-state index in [1.54, 1.807) is 67.1 Å². The lowest BCUT2D eigenvalue weighted by Crippen LogP contribution is -2.23. The van der Waals surface area contributed by atoms with Crippen molar-refractivity contribution in [1.82, 2.24) is 24.3 Å². The summed E-state index contributed by atoms with van der Waals surface area (Å²) in [6.07, 6.45) is 3.07. The van der Waals surface area contributed by atoms with Gasteiger partial charge in [-0.15, -0.1) is 6.58 Å². The Bertz CT molecular complexity index is 1320. The van der Waals surface area contributed by atoms with Crippen molar-refractivity contribution in [2.24, 2.45) is 0 Å². The van der Waals surface area contributed by atoms with Crippen molar-refractivity contribution in [3.63, 3.8) is 0 Å². The van der Waals surface area contributed by atoms with Crippen LogP contribution in [0.5, 0.6) is 5.75 Å². The molecule has 31 heavy (non-hydrogen) atoms. The summed E-state index contributed by atoms with van der Waals surface area (Å²) in [6.45, 7) is 7.27. The number of allylic oxidation sites excluding steroid dienone is 1. The van der Waals surface area contributed by atoms with E-state index in [0.717, 1.165) is 0 Å². The van der Waals surface area contributed by atoms with Crippen molar-refractivity contribution in [3.05, 3.63) is 77.4 Å². The fourth-order valence-electron chi connectivity index (χ4n) is 3.16. The minimum absolute atomic E-state index is 0.148. The van der Waals surface area contributed by atoms with Gasteiger partial charge in [-0.05, 0) is 50.2 Å². The van der Waals surface area contributed by atoms with E-state index in [1.807, 2.05) is 0 Å². The summed E-state index contributed by atoms with van der Waals surface area (Å²) < 4.78 is 3.06. The molecule has 0 unspecified atom stereocenters.